The lowest BCUT2D eigenvalue weighted by molar-refractivity contribution is -0.204. The molecule has 14 atom stereocenters. The van der Waals surface area contributed by atoms with Gasteiger partial charge in [0.2, 0.25) is 0 Å². The van der Waals surface area contributed by atoms with E-state index in [0.717, 1.165) is 76.9 Å². The smallest absolute Gasteiger partial charge is 0.174 e. The van der Waals surface area contributed by atoms with Crippen LogP contribution in [0.4, 0.5) is 4.39 Å². The number of ether oxygens (including phenoxy) is 6. The Morgan fingerprint density at radius 2 is 1.11 bits per heavy atom. The molecule has 3 saturated carbocycles. The van der Waals surface area contributed by atoms with Gasteiger partial charge < -0.3 is 68.7 Å². The molecule has 3 aromatic carbocycles. The van der Waals surface area contributed by atoms with E-state index >= 15 is 0 Å². The van der Waals surface area contributed by atoms with Crippen LogP contribution in [0.3, 0.4) is 0 Å². The first kappa shape index (κ1) is 45.6. The maximum Gasteiger partial charge on any atom is 0.174 e. The van der Waals surface area contributed by atoms with Crippen LogP contribution in [0.5, 0.6) is 34.5 Å². The van der Waals surface area contributed by atoms with E-state index in [4.69, 9.17) is 32.5 Å². The Morgan fingerprint density at radius 3 is 1.62 bits per heavy atom. The van der Waals surface area contributed by atoms with Gasteiger partial charge in [-0.1, -0.05) is 28.0 Å². The number of Topliss-reactive ketones (excluding diaryl/α,β-unsaturated/α-hetero) is 1. The first-order valence-electron chi connectivity index (χ1n) is 27.3. The molecule has 72 heavy (non-hydrogen) atoms. The van der Waals surface area contributed by atoms with E-state index in [0.29, 0.717) is 98.6 Å². The fourth-order valence-corrected chi connectivity index (χ4v) is 17.8. The summed E-state index contributed by atoms with van der Waals surface area (Å²) in [4.78, 5) is 19.4. The zero-order valence-corrected chi connectivity index (χ0v) is 43.4. The number of likely N-dealkylation sites (tertiary alicyclic amines) is 3. The number of ketones is 1. The first-order chi connectivity index (χ1) is 35.7. The van der Waals surface area contributed by atoms with E-state index in [9.17, 15) is 34.7 Å². The second-order valence-corrected chi connectivity index (χ2v) is 23.5. The van der Waals surface area contributed by atoms with E-state index in [1.165, 1.54) is 5.56 Å². The summed E-state index contributed by atoms with van der Waals surface area (Å²) < 4.78 is 68.5. The maximum absolute atomic E-state index is 12.7. The number of likely N-dealkylation sites (N-methyl/N-ethyl adjacent to an activating group) is 3. The van der Waals surface area contributed by atoms with Gasteiger partial charge in [0.15, 0.2) is 46.4 Å². The Balaban J connectivity index is 0.000000111. The quantitative estimate of drug-likeness (QED) is 0.253. The molecule has 3 spiro atoms. The topological polar surface area (TPSA) is 183 Å². The standard InChI is InChI=1S/C18H22BrNO4.C18H23NO4.C18H21NO4.CH3F/c1-20-6-5-17-14-9-7-13(20)18(17,22)4-3-11(21)16(17)24-15(14)12(23-2)8-10(9)19;2*1-19-8-7-17-14-10-3-4-12(22-2)15(14)23-16(17)11(20)5-6-18(17,21)13(19)9-10;1-2/h8,11,13,16,21-22H,3-7H2,1-2H3;3-4,11,13,16,20-21H,5-9H2,1-2H3;3-4,13,16,21H,5-9H2,1-2H3;1H3/t2*11-,13+,16-,17-,18+;13-,16+,17+,18-;/m001./s1/i;2*3T;1D. The van der Waals surface area contributed by atoms with Crippen LogP contribution in [-0.4, -0.2) is 181 Å². The van der Waals surface area contributed by atoms with Crippen molar-refractivity contribution < 1.29 is 67.3 Å². The number of aliphatic hydroxyl groups is 5. The minimum absolute atomic E-state index is 0.0409. The lowest BCUT2D eigenvalue weighted by atomic mass is 9.49. The molecule has 6 heterocycles. The molecule has 3 aromatic rings. The van der Waals surface area contributed by atoms with E-state index in [1.54, 1.807) is 33.5 Å². The largest absolute Gasteiger partial charge is 0.493 e. The first-order valence-corrected chi connectivity index (χ1v) is 26.4. The molecule has 0 radical (unpaired) electrons. The summed E-state index contributed by atoms with van der Waals surface area (Å²) in [7, 11) is 9.92. The number of carbonyl (C=O) groups is 1. The summed E-state index contributed by atoms with van der Waals surface area (Å²) in [6.45, 7) is 2.56. The predicted molar refractivity (Wildman–Crippen MR) is 266 cm³/mol. The molecule has 3 saturated heterocycles. The molecule has 6 aliphatic carbocycles. The zero-order chi connectivity index (χ0) is 53.3. The number of alkyl halides is 1. The lowest BCUT2D eigenvalue weighted by Gasteiger charge is -2.63. The van der Waals surface area contributed by atoms with Crippen LogP contribution in [-0.2, 0) is 40.3 Å². The van der Waals surface area contributed by atoms with Crippen LogP contribution in [0.1, 0.15) is 95.3 Å². The number of hydrogen-bond donors (Lipinski definition) is 5. The average molecular weight is 1070 g/mol. The molecule has 390 valence electrons. The van der Waals surface area contributed by atoms with E-state index in [2.05, 4.69) is 37.7 Å². The summed E-state index contributed by atoms with van der Waals surface area (Å²) in [5.74, 6) is 3.70. The highest BCUT2D eigenvalue weighted by Crippen LogP contribution is 2.69. The van der Waals surface area contributed by atoms with Gasteiger partial charge in [0.25, 0.3) is 0 Å². The maximum atomic E-state index is 12.7. The summed E-state index contributed by atoms with van der Waals surface area (Å²) >= 11 is 3.70. The van der Waals surface area contributed by atoms with Gasteiger partial charge in [-0.3, -0.25) is 9.18 Å². The lowest BCUT2D eigenvalue weighted by Crippen LogP contribution is -2.76. The molecule has 6 aliphatic heterocycles. The number of methoxy groups -OCH3 is 3. The van der Waals surface area contributed by atoms with Crippen molar-refractivity contribution in [1.82, 2.24) is 14.7 Å². The second-order valence-electron chi connectivity index (χ2n) is 22.6. The molecule has 15 nitrogen and oxygen atoms in total. The van der Waals surface area contributed by atoms with E-state index in [1.807, 2.05) is 20.2 Å². The number of piperidine rings is 3. The van der Waals surface area contributed by atoms with Gasteiger partial charge in [-0.25, -0.2) is 0 Å². The summed E-state index contributed by atoms with van der Waals surface area (Å²) in [6, 6.07) is 6.11. The molecule has 17 heteroatoms. The Morgan fingerprint density at radius 1 is 0.681 bits per heavy atom. The summed E-state index contributed by atoms with van der Waals surface area (Å²) in [5, 5.41) is 56.8. The monoisotopic (exact) mass is 1070 g/mol. The van der Waals surface area contributed by atoms with Crippen molar-refractivity contribution in [3.63, 3.8) is 0 Å². The van der Waals surface area contributed by atoms with Crippen LogP contribution in [0.2, 0.25) is 0 Å². The molecule has 12 aliphatic rings. The SMILES string of the molecule is COc1cc(Br)c2c3c1O[C@H]1[C@@H](O)CC[C@@]4(O)[C@@H](C2)N(C)CC[C@]314.[2H]CF.[3H]c1cc(OC)c2c3c1C[C@H]1N(C)CC[C@@]34[C@@H](O2)C(=O)CC[C@@]14O.[3H]c1cc(OC)c2c3c1C[C@H]1N(C)CC[C@@]34[C@@H](O2)[C@@H](O)CC[C@@]14O. The van der Waals surface area contributed by atoms with Crippen LogP contribution >= 0.6 is 15.9 Å². The van der Waals surface area contributed by atoms with Crippen LogP contribution in [0.15, 0.2) is 34.8 Å². The summed E-state index contributed by atoms with van der Waals surface area (Å²) in [6.07, 6.45) is 4.63. The third kappa shape index (κ3) is 5.76. The molecular weight excluding hydrogens is 994 g/mol. The predicted octanol–water partition coefficient (Wildman–Crippen LogP) is 4.08. The normalized spacial score (nSPS) is 41.7. The molecule has 0 unspecified atom stereocenters. The van der Waals surface area contributed by atoms with Crippen molar-refractivity contribution in [1.29, 1.82) is 0 Å². The van der Waals surface area contributed by atoms with Gasteiger partial charge >= 0.3 is 0 Å². The Kier molecular flexibility index (Phi) is 10.5. The van der Waals surface area contributed by atoms with E-state index in [-0.39, 0.29) is 23.9 Å². The van der Waals surface area contributed by atoms with Gasteiger partial charge in [0.1, 0.15) is 12.2 Å². The highest BCUT2D eigenvalue weighted by molar-refractivity contribution is 9.10. The van der Waals surface area contributed by atoms with Crippen molar-refractivity contribution in [2.24, 2.45) is 0 Å². The van der Waals surface area contributed by atoms with Crippen molar-refractivity contribution >= 4 is 21.7 Å². The molecule has 6 fully saturated rings. The van der Waals surface area contributed by atoms with Crippen LogP contribution in [0.25, 0.3) is 0 Å². The summed E-state index contributed by atoms with van der Waals surface area (Å²) in [5.41, 5.74) is 1.24. The van der Waals surface area contributed by atoms with Gasteiger partial charge in [0.05, 0.1) is 77.9 Å². The molecule has 5 N–H and O–H groups in total. The second kappa shape index (κ2) is 16.6. The van der Waals surface area contributed by atoms with Gasteiger partial charge in [0, 0.05) is 45.7 Å². The molecule has 0 amide bonds. The number of nitrogens with zero attached hydrogens (tertiary/aromatic N) is 3. The highest BCUT2D eigenvalue weighted by Gasteiger charge is 2.76. The van der Waals surface area contributed by atoms with Crippen molar-refractivity contribution in [3.05, 3.63) is 68.1 Å². The Hall–Kier alpha value is -3.78. The third-order valence-corrected chi connectivity index (χ3v) is 21.1. The fraction of sp³-hybridized carbons (Fsp3) is 0.655. The zero-order valence-electron chi connectivity index (χ0n) is 44.9. The van der Waals surface area contributed by atoms with Gasteiger partial charge in [-0.05, 0) is 146 Å². The number of aliphatic hydroxyl groups excluding tert-OH is 2. The number of halogens is 2. The third-order valence-electron chi connectivity index (χ3n) is 20.4. The minimum atomic E-state index is -1.00. The number of benzene rings is 3. The molecule has 0 aromatic heterocycles. The highest BCUT2D eigenvalue weighted by atomic mass is 79.9. The van der Waals surface area contributed by atoms with E-state index < -0.39 is 70.7 Å². The average Bonchev–Trinajstić information content (AvgIpc) is 4.05. The Labute approximate surface area is 432 Å². The molecular formula is C55H69BrFN3O12. The van der Waals surface area contributed by atoms with Crippen molar-refractivity contribution in [3.8, 4) is 34.5 Å². The minimum Gasteiger partial charge on any atom is -0.493 e. The van der Waals surface area contributed by atoms with Crippen LogP contribution < -0.4 is 28.4 Å². The van der Waals surface area contributed by atoms with Gasteiger partial charge in [-0.2, -0.15) is 0 Å². The van der Waals surface area contributed by atoms with Crippen LogP contribution in [0, 0.1) is 0 Å². The number of rotatable bonds is 3. The fourth-order valence-electron chi connectivity index (χ4n) is 17.3. The number of hydrogen-bond acceptors (Lipinski definition) is 15. The van der Waals surface area contributed by atoms with Crippen molar-refractivity contribution in [2.75, 3.05) is 69.3 Å². The molecule has 6 bridgehead atoms. The Bertz CT molecular complexity index is 2770. The molecule has 15 rings (SSSR count). The number of carbonyl (C=O) groups excluding carboxylic acids is 1. The van der Waals surface area contributed by atoms with Gasteiger partial charge in [-0.15, -0.1) is 0 Å². The van der Waals surface area contributed by atoms with Crippen molar-refractivity contribution in [2.45, 2.75) is 159 Å².